The molecule has 0 spiro atoms. The van der Waals surface area contributed by atoms with Crippen molar-refractivity contribution in [2.24, 2.45) is 16.0 Å². The average Bonchev–Trinajstić information content (AvgIpc) is 2.87. The molecule has 0 radical (unpaired) electrons. The quantitative estimate of drug-likeness (QED) is 0.234. The molecule has 1 aliphatic rings. The van der Waals surface area contributed by atoms with Gasteiger partial charge < -0.3 is 15.2 Å². The fourth-order valence-electron chi connectivity index (χ4n) is 3.86. The molecule has 1 fully saturated rings. The van der Waals surface area contributed by atoms with Crippen molar-refractivity contribution in [3.8, 4) is 0 Å². The minimum absolute atomic E-state index is 0.107. The van der Waals surface area contributed by atoms with E-state index < -0.39 is 0 Å². The number of amides is 2. The third-order valence-electron chi connectivity index (χ3n) is 5.72. The molecule has 1 heterocycles. The van der Waals surface area contributed by atoms with E-state index in [0.717, 1.165) is 28.1 Å². The van der Waals surface area contributed by atoms with Gasteiger partial charge >= 0.3 is 0 Å². The van der Waals surface area contributed by atoms with E-state index in [1.165, 1.54) is 17.2 Å². The highest BCUT2D eigenvalue weighted by Gasteiger charge is 2.30. The van der Waals surface area contributed by atoms with Gasteiger partial charge in [-0.25, -0.2) is 0 Å². The number of piperidine rings is 1. The van der Waals surface area contributed by atoms with Crippen molar-refractivity contribution < 1.29 is 14.4 Å². The number of hydrogen-bond acceptors (Lipinski definition) is 6. The summed E-state index contributed by atoms with van der Waals surface area (Å²) in [6, 6.07) is 8.07. The molecule has 1 N–H and O–H groups in total. The molecule has 8 heteroatoms. The SMILES string of the molecule is C=C(C)c1ccc(/C(=C/C)N=C(C)CNC(=O)C2CCCN(C(=O)C(/C=C\C=O)=N/N(C)C)C2)cc1. The van der Waals surface area contributed by atoms with Crippen LogP contribution in [0.4, 0.5) is 0 Å². The number of carbonyl (C=O) groups is 3. The summed E-state index contributed by atoms with van der Waals surface area (Å²) in [5, 5.41) is 8.65. The van der Waals surface area contributed by atoms with E-state index in [9.17, 15) is 14.4 Å². The molecule has 2 rings (SSSR count). The Morgan fingerprint density at radius 2 is 1.86 bits per heavy atom. The first-order chi connectivity index (χ1) is 17.2. The van der Waals surface area contributed by atoms with Crippen molar-refractivity contribution in [1.82, 2.24) is 15.2 Å². The topological polar surface area (TPSA) is 94.4 Å². The maximum Gasteiger partial charge on any atom is 0.274 e. The number of carbonyl (C=O) groups excluding carboxylic acids is 3. The van der Waals surface area contributed by atoms with Gasteiger partial charge in [0.1, 0.15) is 12.0 Å². The molecule has 1 unspecified atom stereocenters. The summed E-state index contributed by atoms with van der Waals surface area (Å²) < 4.78 is 0. The number of benzene rings is 1. The van der Waals surface area contributed by atoms with Crippen LogP contribution < -0.4 is 5.32 Å². The summed E-state index contributed by atoms with van der Waals surface area (Å²) in [7, 11) is 3.41. The normalized spacial score (nSPS) is 17.2. The zero-order chi connectivity index (χ0) is 26.7. The van der Waals surface area contributed by atoms with Crippen molar-refractivity contribution in [3.63, 3.8) is 0 Å². The van der Waals surface area contributed by atoms with Crippen LogP contribution in [-0.2, 0) is 14.4 Å². The zero-order valence-electron chi connectivity index (χ0n) is 22.0. The second kappa shape index (κ2) is 13.9. The first-order valence-corrected chi connectivity index (χ1v) is 12.1. The maximum atomic E-state index is 13.0. The van der Waals surface area contributed by atoms with E-state index >= 15 is 0 Å². The molecule has 2 amide bonds. The second-order valence-corrected chi connectivity index (χ2v) is 9.01. The fraction of sp³-hybridized carbons (Fsp3) is 0.393. The highest BCUT2D eigenvalue weighted by Crippen LogP contribution is 2.20. The van der Waals surface area contributed by atoms with Crippen LogP contribution in [0.15, 0.2) is 59.2 Å². The van der Waals surface area contributed by atoms with Crippen molar-refractivity contribution in [1.29, 1.82) is 0 Å². The Kier molecular flexibility index (Phi) is 11.0. The molecule has 0 saturated carbocycles. The molecule has 1 saturated heterocycles. The standard InChI is InChI=1S/C28H37N5O3/c1-7-25(23-14-12-22(13-15-23)20(2)3)30-21(4)18-29-27(35)24-10-8-16-33(19-24)28(36)26(11-9-17-34)31-32(5)6/h7,9,11-15,17,24H,2,8,10,16,18-19H2,1,3-6H3,(H,29,35)/b11-9-,25-7-,30-21?,31-26+. The number of rotatable bonds is 10. The molecule has 1 atom stereocenters. The van der Waals surface area contributed by atoms with Crippen molar-refractivity contribution in [3.05, 3.63) is 60.2 Å². The Morgan fingerprint density at radius 1 is 1.19 bits per heavy atom. The minimum Gasteiger partial charge on any atom is -0.351 e. The number of hydrazone groups is 1. The van der Waals surface area contributed by atoms with Crippen LogP contribution >= 0.6 is 0 Å². The monoisotopic (exact) mass is 491 g/mol. The van der Waals surface area contributed by atoms with Gasteiger partial charge in [-0.1, -0.05) is 42.5 Å². The molecule has 192 valence electrons. The molecular weight excluding hydrogens is 454 g/mol. The van der Waals surface area contributed by atoms with Crippen molar-refractivity contribution >= 4 is 40.8 Å². The molecule has 0 aromatic heterocycles. The number of likely N-dealkylation sites (tertiary alicyclic amines) is 1. The predicted molar refractivity (Wildman–Crippen MR) is 147 cm³/mol. The van der Waals surface area contributed by atoms with Gasteiger partial charge in [0, 0.05) is 32.9 Å². The number of aldehydes is 1. The van der Waals surface area contributed by atoms with Crippen molar-refractivity contribution in [2.75, 3.05) is 33.7 Å². The van der Waals surface area contributed by atoms with E-state index in [0.29, 0.717) is 38.8 Å². The van der Waals surface area contributed by atoms with Crippen LogP contribution in [0, 0.1) is 5.92 Å². The summed E-state index contributed by atoms with van der Waals surface area (Å²) in [6.07, 6.45) is 6.59. The van der Waals surface area contributed by atoms with Gasteiger partial charge in [0.15, 0.2) is 0 Å². The third kappa shape index (κ3) is 8.45. The smallest absolute Gasteiger partial charge is 0.274 e. The third-order valence-corrected chi connectivity index (χ3v) is 5.72. The largest absolute Gasteiger partial charge is 0.351 e. The highest BCUT2D eigenvalue weighted by atomic mass is 16.2. The lowest BCUT2D eigenvalue weighted by atomic mass is 9.96. The lowest BCUT2D eigenvalue weighted by molar-refractivity contribution is -0.130. The molecule has 0 bridgehead atoms. The molecular formula is C28H37N5O3. The van der Waals surface area contributed by atoms with Crippen LogP contribution in [0.2, 0.25) is 0 Å². The Balaban J connectivity index is 2.01. The predicted octanol–water partition coefficient (Wildman–Crippen LogP) is 3.57. The van der Waals surface area contributed by atoms with Gasteiger partial charge in [-0.05, 0) is 56.9 Å². The van der Waals surface area contributed by atoms with E-state index in [1.54, 1.807) is 19.0 Å². The number of aliphatic imine (C=N–C) groups is 1. The molecule has 8 nitrogen and oxygen atoms in total. The van der Waals surface area contributed by atoms with Gasteiger partial charge in [0.2, 0.25) is 5.91 Å². The Labute approximate surface area is 214 Å². The summed E-state index contributed by atoms with van der Waals surface area (Å²) >= 11 is 0. The van der Waals surface area contributed by atoms with E-state index in [-0.39, 0.29) is 23.4 Å². The van der Waals surface area contributed by atoms with Gasteiger partial charge in [-0.3, -0.25) is 19.4 Å². The lowest BCUT2D eigenvalue weighted by Gasteiger charge is -2.32. The highest BCUT2D eigenvalue weighted by molar-refractivity contribution is 6.43. The number of nitrogens with zero attached hydrogens (tertiary/aromatic N) is 4. The lowest BCUT2D eigenvalue weighted by Crippen LogP contribution is -2.48. The number of nitrogens with one attached hydrogen (secondary N) is 1. The Hall–Kier alpha value is -3.81. The molecule has 1 aliphatic heterocycles. The van der Waals surface area contributed by atoms with Crippen LogP contribution in [0.3, 0.4) is 0 Å². The fourth-order valence-corrected chi connectivity index (χ4v) is 3.86. The van der Waals surface area contributed by atoms with Crippen LogP contribution in [-0.4, -0.2) is 73.2 Å². The van der Waals surface area contributed by atoms with Crippen molar-refractivity contribution in [2.45, 2.75) is 33.6 Å². The van der Waals surface area contributed by atoms with E-state index in [4.69, 9.17) is 4.99 Å². The summed E-state index contributed by atoms with van der Waals surface area (Å²) in [6.45, 7) is 10.9. The number of hydrogen-bond donors (Lipinski definition) is 1. The zero-order valence-corrected chi connectivity index (χ0v) is 22.0. The Bertz CT molecular complexity index is 1080. The minimum atomic E-state index is -0.318. The van der Waals surface area contributed by atoms with E-state index in [1.807, 2.05) is 51.1 Å². The number of allylic oxidation sites excluding steroid dienone is 3. The molecule has 0 aliphatic carbocycles. The first kappa shape index (κ1) is 28.4. The molecule has 1 aromatic carbocycles. The summed E-state index contributed by atoms with van der Waals surface area (Å²) in [5.74, 6) is -0.723. The average molecular weight is 492 g/mol. The first-order valence-electron chi connectivity index (χ1n) is 12.1. The van der Waals surface area contributed by atoms with Gasteiger partial charge in [-0.2, -0.15) is 5.10 Å². The van der Waals surface area contributed by atoms with E-state index in [2.05, 4.69) is 17.0 Å². The summed E-state index contributed by atoms with van der Waals surface area (Å²) in [4.78, 5) is 42.9. The van der Waals surface area contributed by atoms with Gasteiger partial charge in [0.05, 0.1) is 18.2 Å². The van der Waals surface area contributed by atoms with Gasteiger partial charge in [-0.15, -0.1) is 0 Å². The van der Waals surface area contributed by atoms with Crippen LogP contribution in [0.1, 0.15) is 44.7 Å². The van der Waals surface area contributed by atoms with Crippen LogP contribution in [0.25, 0.3) is 11.3 Å². The Morgan fingerprint density at radius 3 is 2.44 bits per heavy atom. The molecule has 36 heavy (non-hydrogen) atoms. The molecule has 1 aromatic rings. The summed E-state index contributed by atoms with van der Waals surface area (Å²) in [5.41, 5.74) is 4.86. The van der Waals surface area contributed by atoms with Gasteiger partial charge in [0.25, 0.3) is 5.91 Å². The maximum absolute atomic E-state index is 13.0. The van der Waals surface area contributed by atoms with Crippen LogP contribution in [0.5, 0.6) is 0 Å². The second-order valence-electron chi connectivity index (χ2n) is 9.01.